The van der Waals surface area contributed by atoms with Crippen LogP contribution < -0.4 is 5.32 Å². The second-order valence-electron chi connectivity index (χ2n) is 4.74. The Morgan fingerprint density at radius 3 is 2.69 bits per heavy atom. The minimum absolute atomic E-state index is 0.755. The third kappa shape index (κ3) is 2.23. The molecule has 1 N–H and O–H groups in total. The molecule has 0 aromatic rings. The molecule has 2 rings (SSSR count). The van der Waals surface area contributed by atoms with E-state index < -0.39 is 0 Å². The van der Waals surface area contributed by atoms with Crippen molar-refractivity contribution in [2.45, 2.75) is 44.7 Å². The molecule has 1 saturated carbocycles. The van der Waals surface area contributed by atoms with Gasteiger partial charge in [0.05, 0.1) is 0 Å². The number of nitrogens with one attached hydrogen (secondary N) is 1. The number of hydrogen-bond acceptors (Lipinski definition) is 2. The van der Waals surface area contributed by atoms with E-state index in [4.69, 9.17) is 0 Å². The Hall–Kier alpha value is -0.0800. The molecule has 2 aliphatic rings. The van der Waals surface area contributed by atoms with Gasteiger partial charge in [-0.2, -0.15) is 0 Å². The third-order valence-corrected chi connectivity index (χ3v) is 3.49. The summed E-state index contributed by atoms with van der Waals surface area (Å²) in [6.45, 7) is 4.76. The molecule has 0 bridgehead atoms. The molecule has 1 heterocycles. The topological polar surface area (TPSA) is 15.3 Å². The summed E-state index contributed by atoms with van der Waals surface area (Å²) in [5.41, 5.74) is 0. The maximum Gasteiger partial charge on any atom is 0.0246 e. The normalized spacial score (nSPS) is 36.5. The van der Waals surface area contributed by atoms with Gasteiger partial charge in [0.25, 0.3) is 0 Å². The Kier molecular flexibility index (Phi) is 2.89. The summed E-state index contributed by atoms with van der Waals surface area (Å²) in [7, 11) is 2.30. The van der Waals surface area contributed by atoms with Crippen molar-refractivity contribution >= 4 is 0 Å². The Morgan fingerprint density at radius 1 is 1.38 bits per heavy atom. The van der Waals surface area contributed by atoms with Crippen molar-refractivity contribution in [3.8, 4) is 0 Å². The van der Waals surface area contributed by atoms with Crippen LogP contribution in [0.4, 0.5) is 0 Å². The molecule has 0 amide bonds. The molecule has 13 heavy (non-hydrogen) atoms. The van der Waals surface area contributed by atoms with Crippen LogP contribution in [-0.2, 0) is 0 Å². The summed E-state index contributed by atoms with van der Waals surface area (Å²) in [6.07, 6.45) is 5.57. The van der Waals surface area contributed by atoms with E-state index in [2.05, 4.69) is 24.2 Å². The molecule has 1 aliphatic heterocycles. The van der Waals surface area contributed by atoms with Gasteiger partial charge in [0.2, 0.25) is 0 Å². The van der Waals surface area contributed by atoms with Crippen molar-refractivity contribution in [2.75, 3.05) is 20.1 Å². The van der Waals surface area contributed by atoms with Gasteiger partial charge in [-0.3, -0.25) is 0 Å². The highest BCUT2D eigenvalue weighted by molar-refractivity contribution is 4.93. The quantitative estimate of drug-likeness (QED) is 0.711. The van der Waals surface area contributed by atoms with Crippen LogP contribution in [-0.4, -0.2) is 37.1 Å². The smallest absolute Gasteiger partial charge is 0.0246 e. The van der Waals surface area contributed by atoms with E-state index in [0.29, 0.717) is 0 Å². The SMILES string of the molecule is CCCC1CN(C)C(C2CC2)CN1. The lowest BCUT2D eigenvalue weighted by molar-refractivity contribution is 0.142. The highest BCUT2D eigenvalue weighted by Gasteiger charge is 2.36. The average molecular weight is 182 g/mol. The molecule has 2 fully saturated rings. The van der Waals surface area contributed by atoms with Crippen LogP contribution in [0.1, 0.15) is 32.6 Å². The van der Waals surface area contributed by atoms with Gasteiger partial charge in [0, 0.05) is 25.2 Å². The summed E-state index contributed by atoms with van der Waals surface area (Å²) in [4.78, 5) is 2.58. The second kappa shape index (κ2) is 3.97. The predicted molar refractivity (Wildman–Crippen MR) is 55.8 cm³/mol. The molecule has 0 aromatic carbocycles. The zero-order valence-electron chi connectivity index (χ0n) is 8.92. The maximum absolute atomic E-state index is 3.68. The van der Waals surface area contributed by atoms with Crippen molar-refractivity contribution in [3.63, 3.8) is 0 Å². The maximum atomic E-state index is 3.68. The molecule has 0 spiro atoms. The fraction of sp³-hybridized carbons (Fsp3) is 1.00. The Morgan fingerprint density at radius 2 is 2.15 bits per heavy atom. The fourth-order valence-corrected chi connectivity index (χ4v) is 2.54. The van der Waals surface area contributed by atoms with Crippen molar-refractivity contribution in [3.05, 3.63) is 0 Å². The van der Waals surface area contributed by atoms with E-state index >= 15 is 0 Å². The van der Waals surface area contributed by atoms with E-state index in [1.54, 1.807) is 0 Å². The molecular weight excluding hydrogens is 160 g/mol. The first kappa shape index (κ1) is 9.47. The summed E-state index contributed by atoms with van der Waals surface area (Å²) >= 11 is 0. The van der Waals surface area contributed by atoms with Crippen molar-refractivity contribution < 1.29 is 0 Å². The number of likely N-dealkylation sites (N-methyl/N-ethyl adjacent to an activating group) is 1. The number of nitrogens with zero attached hydrogens (tertiary/aromatic N) is 1. The standard InChI is InChI=1S/C11H22N2/c1-3-4-10-8-13(2)11(7-12-10)9-5-6-9/h9-12H,3-8H2,1-2H3. The van der Waals surface area contributed by atoms with Gasteiger partial charge in [0.1, 0.15) is 0 Å². The molecule has 0 aromatic heterocycles. The van der Waals surface area contributed by atoms with E-state index in [1.165, 1.54) is 38.8 Å². The van der Waals surface area contributed by atoms with Crippen LogP contribution >= 0.6 is 0 Å². The molecule has 2 heteroatoms. The monoisotopic (exact) mass is 182 g/mol. The Bertz CT molecular complexity index is 165. The van der Waals surface area contributed by atoms with Crippen LogP contribution in [0.2, 0.25) is 0 Å². The van der Waals surface area contributed by atoms with Crippen LogP contribution in [0.25, 0.3) is 0 Å². The Balaban J connectivity index is 1.80. The largest absolute Gasteiger partial charge is 0.311 e. The van der Waals surface area contributed by atoms with Crippen LogP contribution in [0.5, 0.6) is 0 Å². The van der Waals surface area contributed by atoms with Crippen molar-refractivity contribution in [1.29, 1.82) is 0 Å². The first-order valence-corrected chi connectivity index (χ1v) is 5.75. The zero-order valence-corrected chi connectivity index (χ0v) is 8.92. The van der Waals surface area contributed by atoms with Crippen LogP contribution in [0.15, 0.2) is 0 Å². The van der Waals surface area contributed by atoms with Gasteiger partial charge in [-0.1, -0.05) is 13.3 Å². The average Bonchev–Trinajstić information content (AvgIpc) is 2.88. The lowest BCUT2D eigenvalue weighted by Crippen LogP contribution is -2.55. The fourth-order valence-electron chi connectivity index (χ4n) is 2.54. The highest BCUT2D eigenvalue weighted by Crippen LogP contribution is 2.35. The van der Waals surface area contributed by atoms with Crippen LogP contribution in [0, 0.1) is 5.92 Å². The van der Waals surface area contributed by atoms with E-state index in [1.807, 2.05) is 0 Å². The number of rotatable bonds is 3. The molecule has 76 valence electrons. The predicted octanol–water partition coefficient (Wildman–Crippen LogP) is 1.47. The van der Waals surface area contributed by atoms with E-state index in [-0.39, 0.29) is 0 Å². The molecule has 2 atom stereocenters. The summed E-state index contributed by atoms with van der Waals surface area (Å²) in [6, 6.07) is 1.60. The lowest BCUT2D eigenvalue weighted by Gasteiger charge is -2.38. The van der Waals surface area contributed by atoms with Crippen molar-refractivity contribution in [2.24, 2.45) is 5.92 Å². The minimum atomic E-state index is 0.755. The van der Waals surface area contributed by atoms with E-state index in [0.717, 1.165) is 18.0 Å². The zero-order chi connectivity index (χ0) is 9.26. The molecular formula is C11H22N2. The molecule has 2 nitrogen and oxygen atoms in total. The van der Waals surface area contributed by atoms with Gasteiger partial charge >= 0.3 is 0 Å². The summed E-state index contributed by atoms with van der Waals surface area (Å²) < 4.78 is 0. The highest BCUT2D eigenvalue weighted by atomic mass is 15.2. The molecule has 1 saturated heterocycles. The Labute approximate surface area is 81.7 Å². The van der Waals surface area contributed by atoms with Gasteiger partial charge < -0.3 is 10.2 Å². The second-order valence-corrected chi connectivity index (χ2v) is 4.74. The minimum Gasteiger partial charge on any atom is -0.311 e. The molecule has 2 unspecified atom stereocenters. The lowest BCUT2D eigenvalue weighted by atomic mass is 10.0. The van der Waals surface area contributed by atoms with Gasteiger partial charge in [-0.25, -0.2) is 0 Å². The molecule has 0 radical (unpaired) electrons. The number of hydrogen-bond donors (Lipinski definition) is 1. The first-order chi connectivity index (χ1) is 6.31. The summed E-state index contributed by atoms with van der Waals surface area (Å²) in [5, 5.41) is 3.68. The van der Waals surface area contributed by atoms with Gasteiger partial charge in [0.15, 0.2) is 0 Å². The first-order valence-electron chi connectivity index (χ1n) is 5.75. The van der Waals surface area contributed by atoms with Crippen LogP contribution in [0.3, 0.4) is 0 Å². The van der Waals surface area contributed by atoms with Crippen molar-refractivity contribution in [1.82, 2.24) is 10.2 Å². The third-order valence-electron chi connectivity index (χ3n) is 3.49. The number of piperazine rings is 1. The summed E-state index contributed by atoms with van der Waals surface area (Å²) in [5.74, 6) is 1.01. The van der Waals surface area contributed by atoms with E-state index in [9.17, 15) is 0 Å². The van der Waals surface area contributed by atoms with Gasteiger partial charge in [-0.05, 0) is 32.2 Å². The molecule has 1 aliphatic carbocycles. The van der Waals surface area contributed by atoms with Gasteiger partial charge in [-0.15, -0.1) is 0 Å².